The molecule has 0 aliphatic rings. The van der Waals surface area contributed by atoms with Gasteiger partial charge in [0.1, 0.15) is 0 Å². The predicted octanol–water partition coefficient (Wildman–Crippen LogP) is 2.64. The fourth-order valence-corrected chi connectivity index (χ4v) is 1.89. The molecule has 2 aromatic rings. The number of nitrogens with zero attached hydrogens (tertiary/aromatic N) is 2. The Labute approximate surface area is 125 Å². The van der Waals surface area contributed by atoms with E-state index in [0.717, 1.165) is 16.8 Å². The van der Waals surface area contributed by atoms with Crippen molar-refractivity contribution in [1.82, 2.24) is 9.97 Å². The number of hydrogen-bond donors (Lipinski definition) is 2. The van der Waals surface area contributed by atoms with Crippen molar-refractivity contribution in [3.8, 4) is 5.88 Å². The lowest BCUT2D eigenvalue weighted by Gasteiger charge is -2.11. The van der Waals surface area contributed by atoms with Gasteiger partial charge in [0.25, 0.3) is 0 Å². The van der Waals surface area contributed by atoms with Gasteiger partial charge >= 0.3 is 0 Å². The number of nitrogens with two attached hydrogens (primary N) is 1. The van der Waals surface area contributed by atoms with Crippen LogP contribution < -0.4 is 15.8 Å². The molecule has 112 valence electrons. The van der Waals surface area contributed by atoms with Crippen LogP contribution >= 0.6 is 0 Å². The molecule has 0 fully saturated rings. The second kappa shape index (κ2) is 7.04. The summed E-state index contributed by atoms with van der Waals surface area (Å²) >= 11 is 0. The maximum atomic E-state index is 5.61. The standard InChI is InChI=1S/C16H22N4O/c1-11(2)21-15-8-12(3)19-16(20-15)18-10-14-6-4-13(9-17)5-7-14/h4-8,11H,9-10,17H2,1-3H3,(H,18,19,20). The third kappa shape index (κ3) is 4.72. The first-order valence-corrected chi connectivity index (χ1v) is 7.11. The van der Waals surface area contributed by atoms with Crippen LogP contribution in [0.25, 0.3) is 0 Å². The highest BCUT2D eigenvalue weighted by molar-refractivity contribution is 5.33. The van der Waals surface area contributed by atoms with Gasteiger partial charge in [-0.2, -0.15) is 4.98 Å². The Bertz CT molecular complexity index is 581. The number of anilines is 1. The van der Waals surface area contributed by atoms with E-state index in [9.17, 15) is 0 Å². The first-order valence-electron chi connectivity index (χ1n) is 7.11. The molecule has 1 heterocycles. The van der Waals surface area contributed by atoms with Crippen molar-refractivity contribution in [2.24, 2.45) is 5.73 Å². The number of benzene rings is 1. The minimum atomic E-state index is 0.0935. The van der Waals surface area contributed by atoms with E-state index in [2.05, 4.69) is 27.4 Å². The van der Waals surface area contributed by atoms with Crippen LogP contribution in [0, 0.1) is 6.92 Å². The maximum Gasteiger partial charge on any atom is 0.226 e. The van der Waals surface area contributed by atoms with Crippen LogP contribution in [0.4, 0.5) is 5.95 Å². The molecule has 2 rings (SSSR count). The molecule has 0 atom stereocenters. The summed E-state index contributed by atoms with van der Waals surface area (Å²) < 4.78 is 5.61. The molecule has 0 spiro atoms. The first kappa shape index (κ1) is 15.3. The lowest BCUT2D eigenvalue weighted by molar-refractivity contribution is 0.232. The molecule has 0 saturated heterocycles. The molecule has 21 heavy (non-hydrogen) atoms. The third-order valence-corrected chi connectivity index (χ3v) is 2.90. The Morgan fingerprint density at radius 2 is 1.81 bits per heavy atom. The molecule has 5 nitrogen and oxygen atoms in total. The zero-order chi connectivity index (χ0) is 15.2. The van der Waals surface area contributed by atoms with Gasteiger partial charge in [0.15, 0.2) is 0 Å². The van der Waals surface area contributed by atoms with E-state index in [4.69, 9.17) is 10.5 Å². The van der Waals surface area contributed by atoms with Gasteiger partial charge < -0.3 is 15.8 Å². The van der Waals surface area contributed by atoms with Crippen LogP contribution in [0.5, 0.6) is 5.88 Å². The molecular weight excluding hydrogens is 264 g/mol. The summed E-state index contributed by atoms with van der Waals surface area (Å²) in [4.78, 5) is 8.73. The number of aromatic nitrogens is 2. The van der Waals surface area contributed by atoms with Crippen molar-refractivity contribution < 1.29 is 4.74 Å². The number of nitrogens with one attached hydrogen (secondary N) is 1. The van der Waals surface area contributed by atoms with Crippen LogP contribution in [0.15, 0.2) is 30.3 Å². The molecule has 0 aliphatic heterocycles. The molecule has 3 N–H and O–H groups in total. The minimum absolute atomic E-state index is 0.0935. The van der Waals surface area contributed by atoms with E-state index in [-0.39, 0.29) is 6.10 Å². The predicted molar refractivity (Wildman–Crippen MR) is 84.2 cm³/mol. The Morgan fingerprint density at radius 1 is 1.14 bits per heavy atom. The van der Waals surface area contributed by atoms with Gasteiger partial charge in [-0.05, 0) is 31.9 Å². The Hall–Kier alpha value is -2.14. The van der Waals surface area contributed by atoms with Gasteiger partial charge in [-0.25, -0.2) is 4.98 Å². The summed E-state index contributed by atoms with van der Waals surface area (Å²) in [7, 11) is 0. The summed E-state index contributed by atoms with van der Waals surface area (Å²) in [5, 5.41) is 3.22. The fourth-order valence-electron chi connectivity index (χ4n) is 1.89. The number of ether oxygens (including phenoxy) is 1. The van der Waals surface area contributed by atoms with E-state index in [0.29, 0.717) is 24.9 Å². The highest BCUT2D eigenvalue weighted by atomic mass is 16.5. The SMILES string of the molecule is Cc1cc(OC(C)C)nc(NCc2ccc(CN)cc2)n1. The van der Waals surface area contributed by atoms with Crippen molar-refractivity contribution in [3.63, 3.8) is 0 Å². The summed E-state index contributed by atoms with van der Waals surface area (Å²) in [6.07, 6.45) is 0.0935. The van der Waals surface area contributed by atoms with Gasteiger partial charge in [-0.15, -0.1) is 0 Å². The van der Waals surface area contributed by atoms with Crippen molar-refractivity contribution in [3.05, 3.63) is 47.2 Å². The summed E-state index contributed by atoms with van der Waals surface area (Å²) in [6.45, 7) is 7.10. The third-order valence-electron chi connectivity index (χ3n) is 2.90. The quantitative estimate of drug-likeness (QED) is 0.854. The van der Waals surface area contributed by atoms with E-state index >= 15 is 0 Å². The normalized spacial score (nSPS) is 10.7. The van der Waals surface area contributed by atoms with Crippen LogP contribution in [-0.4, -0.2) is 16.1 Å². The van der Waals surface area contributed by atoms with E-state index < -0.39 is 0 Å². The lowest BCUT2D eigenvalue weighted by atomic mass is 10.1. The highest BCUT2D eigenvalue weighted by Gasteiger charge is 2.05. The molecule has 5 heteroatoms. The average molecular weight is 286 g/mol. The van der Waals surface area contributed by atoms with Crippen LogP contribution in [0.3, 0.4) is 0 Å². The maximum absolute atomic E-state index is 5.61. The molecule has 0 aliphatic carbocycles. The monoisotopic (exact) mass is 286 g/mol. The number of rotatable bonds is 6. The van der Waals surface area contributed by atoms with Gasteiger partial charge in [-0.1, -0.05) is 24.3 Å². The largest absolute Gasteiger partial charge is 0.475 e. The molecule has 0 bridgehead atoms. The van der Waals surface area contributed by atoms with E-state index in [1.54, 1.807) is 0 Å². The van der Waals surface area contributed by atoms with Gasteiger partial charge in [0, 0.05) is 24.8 Å². The summed E-state index contributed by atoms with van der Waals surface area (Å²) in [5.74, 6) is 1.17. The molecule has 1 aromatic heterocycles. The van der Waals surface area contributed by atoms with Crippen molar-refractivity contribution in [2.75, 3.05) is 5.32 Å². The molecule has 0 radical (unpaired) electrons. The second-order valence-corrected chi connectivity index (χ2v) is 5.21. The molecule has 0 unspecified atom stereocenters. The highest BCUT2D eigenvalue weighted by Crippen LogP contribution is 2.14. The molecule has 0 saturated carbocycles. The van der Waals surface area contributed by atoms with Gasteiger partial charge in [0.05, 0.1) is 6.10 Å². The van der Waals surface area contributed by atoms with Crippen LogP contribution in [-0.2, 0) is 13.1 Å². The van der Waals surface area contributed by atoms with Crippen molar-refractivity contribution in [1.29, 1.82) is 0 Å². The minimum Gasteiger partial charge on any atom is -0.475 e. The molecule has 1 aromatic carbocycles. The topological polar surface area (TPSA) is 73.1 Å². The first-order chi connectivity index (χ1) is 10.1. The molecule has 0 amide bonds. The van der Waals surface area contributed by atoms with Crippen molar-refractivity contribution in [2.45, 2.75) is 40.0 Å². The molecular formula is C16H22N4O. The van der Waals surface area contributed by atoms with Gasteiger partial charge in [0.2, 0.25) is 11.8 Å². The number of aryl methyl sites for hydroxylation is 1. The summed E-state index contributed by atoms with van der Waals surface area (Å²) in [5.41, 5.74) is 8.74. The lowest BCUT2D eigenvalue weighted by Crippen LogP contribution is -2.10. The van der Waals surface area contributed by atoms with Crippen LogP contribution in [0.2, 0.25) is 0 Å². The Kier molecular flexibility index (Phi) is 5.11. The Morgan fingerprint density at radius 3 is 2.43 bits per heavy atom. The average Bonchev–Trinajstić information content (AvgIpc) is 2.44. The fraction of sp³-hybridized carbons (Fsp3) is 0.375. The Balaban J connectivity index is 2.03. The summed E-state index contributed by atoms with van der Waals surface area (Å²) in [6, 6.07) is 10.00. The van der Waals surface area contributed by atoms with Crippen LogP contribution in [0.1, 0.15) is 30.7 Å². The van der Waals surface area contributed by atoms with E-state index in [1.165, 1.54) is 0 Å². The number of hydrogen-bond acceptors (Lipinski definition) is 5. The van der Waals surface area contributed by atoms with E-state index in [1.807, 2.05) is 39.0 Å². The van der Waals surface area contributed by atoms with Gasteiger partial charge in [-0.3, -0.25) is 0 Å². The van der Waals surface area contributed by atoms with Crippen molar-refractivity contribution >= 4 is 5.95 Å². The smallest absolute Gasteiger partial charge is 0.226 e. The zero-order valence-electron chi connectivity index (χ0n) is 12.8. The second-order valence-electron chi connectivity index (χ2n) is 5.21. The zero-order valence-corrected chi connectivity index (χ0v) is 12.8.